The molecule has 2 aliphatic heterocycles. The third-order valence-electron chi connectivity index (χ3n) is 7.11. The summed E-state index contributed by atoms with van der Waals surface area (Å²) in [6.45, 7) is 3.88. The molecule has 0 N–H and O–H groups in total. The van der Waals surface area contributed by atoms with Gasteiger partial charge in [0.15, 0.2) is 24.6 Å². The average molecular weight is 538 g/mol. The first kappa shape index (κ1) is 27.7. The van der Waals surface area contributed by atoms with E-state index < -0.39 is 54.6 Å². The van der Waals surface area contributed by atoms with E-state index in [-0.39, 0.29) is 55.2 Å². The highest BCUT2D eigenvalue weighted by atomic mass is 16.7. The van der Waals surface area contributed by atoms with Gasteiger partial charge >= 0.3 is 23.9 Å². The van der Waals surface area contributed by atoms with Crippen LogP contribution in [0.15, 0.2) is 12.2 Å². The molecule has 4 rings (SSSR count). The molecule has 1 saturated carbocycles. The van der Waals surface area contributed by atoms with E-state index >= 15 is 0 Å². The second-order valence-corrected chi connectivity index (χ2v) is 9.77. The summed E-state index contributed by atoms with van der Waals surface area (Å²) < 4.78 is 32.7. The summed E-state index contributed by atoms with van der Waals surface area (Å²) >= 11 is 0. The maximum absolute atomic E-state index is 13.0. The number of allylic oxidation sites excluding steroid dienone is 2. The zero-order valence-electron chi connectivity index (χ0n) is 21.5. The fraction of sp³-hybridized carbons (Fsp3) is 0.680. The van der Waals surface area contributed by atoms with Gasteiger partial charge in [0.2, 0.25) is 11.8 Å². The minimum atomic E-state index is -1.38. The summed E-state index contributed by atoms with van der Waals surface area (Å²) in [5.41, 5.74) is 0. The number of likely N-dealkylation sites (tertiary alicyclic amines) is 1. The molecule has 38 heavy (non-hydrogen) atoms. The van der Waals surface area contributed by atoms with E-state index in [1.807, 2.05) is 12.2 Å². The van der Waals surface area contributed by atoms with Crippen molar-refractivity contribution < 1.29 is 57.2 Å². The fourth-order valence-corrected chi connectivity index (χ4v) is 5.77. The molecule has 3 fully saturated rings. The van der Waals surface area contributed by atoms with E-state index in [0.717, 1.165) is 27.2 Å². The Morgan fingerprint density at radius 2 is 1.34 bits per heavy atom. The van der Waals surface area contributed by atoms with Crippen molar-refractivity contribution in [2.75, 3.05) is 19.8 Å². The summed E-state index contributed by atoms with van der Waals surface area (Å²) in [6.07, 6.45) is -1.77. The molecular formula is C25H31NO12. The number of hydrogen-bond acceptors (Lipinski definition) is 12. The Labute approximate surface area is 218 Å². The Balaban J connectivity index is 1.50. The largest absolute Gasteiger partial charge is 0.463 e. The van der Waals surface area contributed by atoms with Gasteiger partial charge in [0, 0.05) is 27.7 Å². The van der Waals surface area contributed by atoms with E-state index in [0.29, 0.717) is 0 Å². The lowest BCUT2D eigenvalue weighted by Crippen LogP contribution is -2.63. The molecule has 13 heteroatoms. The van der Waals surface area contributed by atoms with Gasteiger partial charge in [-0.25, -0.2) is 0 Å². The van der Waals surface area contributed by atoms with Crippen molar-refractivity contribution in [3.8, 4) is 0 Å². The first-order chi connectivity index (χ1) is 18.0. The first-order valence-electron chi connectivity index (χ1n) is 12.4. The molecule has 208 valence electrons. The molecule has 2 aliphatic carbocycles. The van der Waals surface area contributed by atoms with Gasteiger partial charge in [-0.3, -0.25) is 33.7 Å². The Hall–Kier alpha value is -3.32. The fourth-order valence-electron chi connectivity index (χ4n) is 5.77. The van der Waals surface area contributed by atoms with Crippen molar-refractivity contribution in [2.24, 2.45) is 23.7 Å². The Bertz CT molecular complexity index is 1010. The van der Waals surface area contributed by atoms with E-state index in [1.54, 1.807) is 0 Å². The van der Waals surface area contributed by atoms with E-state index in [4.69, 9.17) is 28.4 Å². The Morgan fingerprint density at radius 1 is 0.816 bits per heavy atom. The molecule has 0 radical (unpaired) electrons. The summed E-state index contributed by atoms with van der Waals surface area (Å²) in [6, 6.07) is 0. The number of rotatable bonds is 9. The number of imide groups is 1. The van der Waals surface area contributed by atoms with Crippen LogP contribution in [0.4, 0.5) is 0 Å². The lowest BCUT2D eigenvalue weighted by molar-refractivity contribution is -0.308. The smallest absolute Gasteiger partial charge is 0.303 e. The molecule has 2 heterocycles. The van der Waals surface area contributed by atoms with Crippen molar-refractivity contribution in [3.05, 3.63) is 12.2 Å². The standard InChI is InChI=1S/C25H31NO12/c1-11(27)34-10-17-20(35-12(2)28)21(36-13(3)29)22(37-14(4)30)25(38-17)33-8-7-26-23(31)18-15-5-6-16(9-15)19(18)24(26)32/h5-6,15-22,25H,7-10H2,1-4H3/t15?,16?,17?,18?,19?,20-,21+,22?,25-/m1/s1. The van der Waals surface area contributed by atoms with Gasteiger partial charge in [0.05, 0.1) is 25.0 Å². The predicted molar refractivity (Wildman–Crippen MR) is 122 cm³/mol. The first-order valence-corrected chi connectivity index (χ1v) is 12.4. The van der Waals surface area contributed by atoms with E-state index in [1.165, 1.54) is 11.8 Å². The quantitative estimate of drug-likeness (QED) is 0.166. The molecule has 0 aromatic carbocycles. The maximum atomic E-state index is 13.0. The van der Waals surface area contributed by atoms with E-state index in [9.17, 15) is 28.8 Å². The third-order valence-corrected chi connectivity index (χ3v) is 7.11. The van der Waals surface area contributed by atoms with Gasteiger partial charge in [-0.05, 0) is 18.3 Å². The molecule has 9 atom stereocenters. The molecule has 6 unspecified atom stereocenters. The molecule has 0 spiro atoms. The number of esters is 4. The van der Waals surface area contributed by atoms with Gasteiger partial charge in [0.1, 0.15) is 12.7 Å². The van der Waals surface area contributed by atoms with Crippen LogP contribution in [0.3, 0.4) is 0 Å². The molecule has 2 bridgehead atoms. The predicted octanol–water partition coefficient (Wildman–Crippen LogP) is -0.107. The van der Waals surface area contributed by atoms with Gasteiger partial charge in [0.25, 0.3) is 0 Å². The van der Waals surface area contributed by atoms with Crippen molar-refractivity contribution in [2.45, 2.75) is 64.8 Å². The number of hydrogen-bond donors (Lipinski definition) is 0. The van der Waals surface area contributed by atoms with Crippen LogP contribution in [0.25, 0.3) is 0 Å². The second kappa shape index (κ2) is 11.2. The van der Waals surface area contributed by atoms with Gasteiger partial charge in [-0.2, -0.15) is 0 Å². The molecule has 2 saturated heterocycles. The Morgan fingerprint density at radius 3 is 1.87 bits per heavy atom. The molecular weight excluding hydrogens is 506 g/mol. The summed E-state index contributed by atoms with van der Waals surface area (Å²) in [7, 11) is 0. The summed E-state index contributed by atoms with van der Waals surface area (Å²) in [4.78, 5) is 74.2. The van der Waals surface area contributed by atoms with Crippen LogP contribution in [0.2, 0.25) is 0 Å². The molecule has 13 nitrogen and oxygen atoms in total. The summed E-state index contributed by atoms with van der Waals surface area (Å²) in [5, 5.41) is 0. The van der Waals surface area contributed by atoms with Gasteiger partial charge < -0.3 is 28.4 Å². The molecule has 0 aromatic heterocycles. The second-order valence-electron chi connectivity index (χ2n) is 9.77. The number of ether oxygens (including phenoxy) is 6. The lowest BCUT2D eigenvalue weighted by atomic mass is 9.85. The zero-order chi connectivity index (χ0) is 27.7. The molecule has 2 amide bonds. The SMILES string of the molecule is CC(=O)OCC1O[C@@H](OCCN2C(=O)C3C4C=CC(C4)C3C2=O)C(OC(C)=O)[C@@H](OC(C)=O)[C@@H]1OC(C)=O. The van der Waals surface area contributed by atoms with Gasteiger partial charge in [-0.15, -0.1) is 0 Å². The van der Waals surface area contributed by atoms with Crippen molar-refractivity contribution in [1.82, 2.24) is 4.90 Å². The number of fused-ring (bicyclic) bond motifs is 5. The van der Waals surface area contributed by atoms with Crippen molar-refractivity contribution >= 4 is 35.7 Å². The number of carbonyl (C=O) groups is 6. The van der Waals surface area contributed by atoms with Crippen LogP contribution in [0.1, 0.15) is 34.1 Å². The van der Waals surface area contributed by atoms with Crippen molar-refractivity contribution in [1.29, 1.82) is 0 Å². The van der Waals surface area contributed by atoms with Crippen LogP contribution in [0, 0.1) is 23.7 Å². The highest BCUT2D eigenvalue weighted by molar-refractivity contribution is 6.06. The normalized spacial score (nSPS) is 35.2. The Kier molecular flexibility index (Phi) is 8.16. The van der Waals surface area contributed by atoms with E-state index in [2.05, 4.69) is 0 Å². The highest BCUT2D eigenvalue weighted by Gasteiger charge is 2.59. The highest BCUT2D eigenvalue weighted by Crippen LogP contribution is 2.52. The van der Waals surface area contributed by atoms with Crippen LogP contribution in [-0.2, 0) is 57.2 Å². The number of carbonyl (C=O) groups excluding carboxylic acids is 6. The molecule has 4 aliphatic rings. The minimum absolute atomic E-state index is 0.0622. The maximum Gasteiger partial charge on any atom is 0.303 e. The van der Waals surface area contributed by atoms with Crippen LogP contribution < -0.4 is 0 Å². The van der Waals surface area contributed by atoms with Crippen LogP contribution >= 0.6 is 0 Å². The number of amides is 2. The average Bonchev–Trinajstić information content (AvgIpc) is 3.50. The van der Waals surface area contributed by atoms with Crippen LogP contribution in [-0.4, -0.2) is 91.1 Å². The van der Waals surface area contributed by atoms with Crippen molar-refractivity contribution in [3.63, 3.8) is 0 Å². The zero-order valence-corrected chi connectivity index (χ0v) is 21.5. The lowest BCUT2D eigenvalue weighted by Gasteiger charge is -2.44. The topological polar surface area (TPSA) is 161 Å². The number of nitrogens with zero attached hydrogens (tertiary/aromatic N) is 1. The summed E-state index contributed by atoms with van der Waals surface area (Å²) in [5.74, 6) is -4.00. The third kappa shape index (κ3) is 5.58. The molecule has 0 aromatic rings. The monoisotopic (exact) mass is 537 g/mol. The van der Waals surface area contributed by atoms with Crippen LogP contribution in [0.5, 0.6) is 0 Å². The minimum Gasteiger partial charge on any atom is -0.463 e. The van der Waals surface area contributed by atoms with Gasteiger partial charge in [-0.1, -0.05) is 12.2 Å².